The summed E-state index contributed by atoms with van der Waals surface area (Å²) in [4.78, 5) is 4.34. The van der Waals surface area contributed by atoms with Crippen LogP contribution in [-0.4, -0.2) is 21.9 Å². The number of benzene rings is 2. The number of nitrogens with two attached hydrogens (primary N) is 1. The molecule has 0 unspecified atom stereocenters. The van der Waals surface area contributed by atoms with E-state index in [0.29, 0.717) is 5.95 Å². The molecular weight excluding hydrogens is 382 g/mol. The molecule has 0 saturated carbocycles. The Hall–Kier alpha value is -2.54. The molecule has 0 spiro atoms. The van der Waals surface area contributed by atoms with Crippen molar-refractivity contribution in [2.75, 3.05) is 18.2 Å². The van der Waals surface area contributed by atoms with Crippen molar-refractivity contribution in [3.63, 3.8) is 0 Å². The summed E-state index contributed by atoms with van der Waals surface area (Å²) in [7, 11) is 1.68. The molecule has 25 heavy (non-hydrogen) atoms. The first-order valence-electron chi connectivity index (χ1n) is 8.02. The number of ether oxygens (including phenoxy) is 1. The molecule has 128 valence electrons. The van der Waals surface area contributed by atoms with Crippen LogP contribution in [0.3, 0.4) is 0 Å². The number of fused-ring (bicyclic) bond motifs is 1. The maximum Gasteiger partial charge on any atom is 0.241 e. The molecule has 0 radical (unpaired) electrons. The van der Waals surface area contributed by atoms with Gasteiger partial charge in [-0.3, -0.25) is 0 Å². The molecule has 3 N–H and O–H groups in total. The van der Waals surface area contributed by atoms with E-state index in [1.807, 2.05) is 35.0 Å². The monoisotopic (exact) mass is 399 g/mol. The van der Waals surface area contributed by atoms with Crippen molar-refractivity contribution in [1.82, 2.24) is 14.8 Å². The predicted octanol–water partition coefficient (Wildman–Crippen LogP) is 3.78. The Kier molecular flexibility index (Phi) is 4.09. The van der Waals surface area contributed by atoms with Crippen molar-refractivity contribution in [3.05, 3.63) is 64.1 Å². The molecule has 0 aliphatic carbocycles. The lowest BCUT2D eigenvalue weighted by Gasteiger charge is -2.31. The highest BCUT2D eigenvalue weighted by molar-refractivity contribution is 9.10. The Morgan fingerprint density at radius 3 is 2.80 bits per heavy atom. The van der Waals surface area contributed by atoms with Gasteiger partial charge < -0.3 is 15.8 Å². The van der Waals surface area contributed by atoms with Gasteiger partial charge in [-0.05, 0) is 41.8 Å². The zero-order valence-electron chi connectivity index (χ0n) is 13.7. The molecule has 1 aliphatic rings. The summed E-state index contributed by atoms with van der Waals surface area (Å²) >= 11 is 3.55. The molecule has 2 atom stereocenters. The number of nitrogens with zero attached hydrogens (tertiary/aromatic N) is 3. The van der Waals surface area contributed by atoms with Gasteiger partial charge in [0.1, 0.15) is 5.75 Å². The first-order valence-corrected chi connectivity index (χ1v) is 8.81. The molecule has 3 aromatic rings. The minimum Gasteiger partial charge on any atom is -0.497 e. The molecule has 2 aromatic carbocycles. The zero-order valence-corrected chi connectivity index (χ0v) is 15.3. The van der Waals surface area contributed by atoms with Gasteiger partial charge in [-0.25, -0.2) is 4.68 Å². The van der Waals surface area contributed by atoms with Crippen LogP contribution in [0.15, 0.2) is 53.0 Å². The van der Waals surface area contributed by atoms with Crippen LogP contribution < -0.4 is 15.8 Å². The van der Waals surface area contributed by atoms with Crippen molar-refractivity contribution >= 4 is 27.8 Å². The van der Waals surface area contributed by atoms with E-state index in [-0.39, 0.29) is 18.0 Å². The van der Waals surface area contributed by atoms with Crippen LogP contribution in [0.5, 0.6) is 5.75 Å². The quantitative estimate of drug-likeness (QED) is 0.700. The summed E-state index contributed by atoms with van der Waals surface area (Å²) in [5, 5.41) is 7.82. The van der Waals surface area contributed by atoms with Crippen LogP contribution >= 0.6 is 15.9 Å². The van der Waals surface area contributed by atoms with E-state index in [9.17, 15) is 0 Å². The molecule has 7 heteroatoms. The number of methoxy groups -OCH3 is 1. The largest absolute Gasteiger partial charge is 0.497 e. The summed E-state index contributed by atoms with van der Waals surface area (Å²) in [5.74, 6) is 1.79. The van der Waals surface area contributed by atoms with Crippen LogP contribution in [0.1, 0.15) is 29.6 Å². The third-order valence-electron chi connectivity index (χ3n) is 4.43. The predicted molar refractivity (Wildman–Crippen MR) is 101 cm³/mol. The Labute approximate surface area is 154 Å². The molecule has 4 rings (SSSR count). The number of aromatic nitrogens is 3. The fourth-order valence-electron chi connectivity index (χ4n) is 3.26. The molecule has 6 nitrogen and oxygen atoms in total. The fourth-order valence-corrected chi connectivity index (χ4v) is 3.68. The average Bonchev–Trinajstić information content (AvgIpc) is 3.01. The van der Waals surface area contributed by atoms with E-state index < -0.39 is 0 Å². The summed E-state index contributed by atoms with van der Waals surface area (Å²) in [5.41, 5.74) is 8.15. The van der Waals surface area contributed by atoms with Crippen molar-refractivity contribution in [2.24, 2.45) is 0 Å². The van der Waals surface area contributed by atoms with Gasteiger partial charge in [0.15, 0.2) is 0 Å². The molecule has 1 aromatic heterocycles. The second-order valence-corrected chi connectivity index (χ2v) is 6.93. The van der Waals surface area contributed by atoms with Gasteiger partial charge in [0.2, 0.25) is 11.9 Å². The van der Waals surface area contributed by atoms with Gasteiger partial charge in [-0.1, -0.05) is 40.2 Å². The number of anilines is 2. The second kappa shape index (κ2) is 6.40. The van der Waals surface area contributed by atoms with Gasteiger partial charge >= 0.3 is 0 Å². The number of nitrogens with one attached hydrogen (secondary N) is 1. The van der Waals surface area contributed by atoms with Crippen LogP contribution in [0, 0.1) is 0 Å². The maximum atomic E-state index is 5.85. The summed E-state index contributed by atoms with van der Waals surface area (Å²) in [6, 6.07) is 16.5. The first kappa shape index (κ1) is 16.0. The Morgan fingerprint density at radius 1 is 1.20 bits per heavy atom. The van der Waals surface area contributed by atoms with Gasteiger partial charge in [0.05, 0.1) is 19.2 Å². The molecule has 1 aliphatic heterocycles. The smallest absolute Gasteiger partial charge is 0.241 e. The third-order valence-corrected chi connectivity index (χ3v) is 4.93. The highest BCUT2D eigenvalue weighted by atomic mass is 79.9. The Bertz CT molecular complexity index is 910. The molecular formula is C18H18BrN5O. The Balaban J connectivity index is 1.76. The standard InChI is InChI=1S/C18H18BrN5O/c1-25-14-7-3-4-11(9-14)15-10-16(12-5-2-6-13(19)8-12)24-18(21-15)22-17(20)23-24/h2-9,15-16H,10H2,1H3,(H3,20,21,22,23)/t15-,16+/m1/s1. The van der Waals surface area contributed by atoms with Gasteiger partial charge in [0, 0.05) is 4.47 Å². The van der Waals surface area contributed by atoms with Crippen LogP contribution in [0.2, 0.25) is 0 Å². The number of hydrogen-bond acceptors (Lipinski definition) is 5. The summed E-state index contributed by atoms with van der Waals surface area (Å²) in [6.07, 6.45) is 0.833. The van der Waals surface area contributed by atoms with Crippen LogP contribution in [0.25, 0.3) is 0 Å². The Morgan fingerprint density at radius 2 is 2.00 bits per heavy atom. The van der Waals surface area contributed by atoms with Crippen molar-refractivity contribution in [2.45, 2.75) is 18.5 Å². The number of halogens is 1. The molecule has 0 amide bonds. The number of hydrogen-bond donors (Lipinski definition) is 2. The lowest BCUT2D eigenvalue weighted by Crippen LogP contribution is -2.28. The topological polar surface area (TPSA) is 78.0 Å². The molecule has 0 saturated heterocycles. The van der Waals surface area contributed by atoms with E-state index >= 15 is 0 Å². The molecule has 0 bridgehead atoms. The normalized spacial score (nSPS) is 19.1. The number of rotatable bonds is 3. The summed E-state index contributed by atoms with van der Waals surface area (Å²) < 4.78 is 8.27. The minimum absolute atomic E-state index is 0.0507. The second-order valence-electron chi connectivity index (χ2n) is 6.02. The first-order chi connectivity index (χ1) is 12.1. The van der Waals surface area contributed by atoms with Gasteiger partial charge in [0.25, 0.3) is 0 Å². The van der Waals surface area contributed by atoms with Crippen LogP contribution in [-0.2, 0) is 0 Å². The molecule has 2 heterocycles. The van der Waals surface area contributed by atoms with E-state index in [4.69, 9.17) is 10.5 Å². The SMILES string of the molecule is COc1cccc([C@H]2C[C@@H](c3cccc(Br)c3)n3nc(N)nc3N2)c1. The summed E-state index contributed by atoms with van der Waals surface area (Å²) in [6.45, 7) is 0. The van der Waals surface area contributed by atoms with E-state index in [1.165, 1.54) is 0 Å². The fraction of sp³-hybridized carbons (Fsp3) is 0.222. The van der Waals surface area contributed by atoms with Gasteiger partial charge in [-0.2, -0.15) is 4.98 Å². The van der Waals surface area contributed by atoms with Gasteiger partial charge in [-0.15, -0.1) is 5.10 Å². The number of nitrogen functional groups attached to an aromatic ring is 1. The minimum atomic E-state index is 0.0507. The van der Waals surface area contributed by atoms with Crippen LogP contribution in [0.4, 0.5) is 11.9 Å². The average molecular weight is 400 g/mol. The van der Waals surface area contributed by atoms with Crippen molar-refractivity contribution in [1.29, 1.82) is 0 Å². The van der Waals surface area contributed by atoms with Crippen molar-refractivity contribution in [3.8, 4) is 5.75 Å². The third kappa shape index (κ3) is 3.07. The lowest BCUT2D eigenvalue weighted by molar-refractivity contribution is 0.410. The maximum absolute atomic E-state index is 5.85. The van der Waals surface area contributed by atoms with E-state index in [2.05, 4.69) is 49.5 Å². The molecule has 0 fully saturated rings. The lowest BCUT2D eigenvalue weighted by atomic mass is 9.93. The zero-order chi connectivity index (χ0) is 17.4. The highest BCUT2D eigenvalue weighted by Gasteiger charge is 2.31. The van der Waals surface area contributed by atoms with E-state index in [1.54, 1.807) is 7.11 Å². The van der Waals surface area contributed by atoms with E-state index in [0.717, 1.165) is 27.8 Å². The van der Waals surface area contributed by atoms with Crippen molar-refractivity contribution < 1.29 is 4.74 Å². The highest BCUT2D eigenvalue weighted by Crippen LogP contribution is 2.39.